The number of ether oxygens (including phenoxy) is 4. The lowest BCUT2D eigenvalue weighted by Gasteiger charge is -2.50. The molecule has 2 aliphatic carbocycles. The summed E-state index contributed by atoms with van der Waals surface area (Å²) in [7, 11) is -14.0. The molecular formula is C48H82O13Si6. The van der Waals surface area contributed by atoms with Gasteiger partial charge in [-0.15, -0.1) is 0 Å². The molecule has 0 heterocycles. The number of carbonyl (C=O) groups excluding carboxylic acids is 4. The molecular weight excluding hydrogens is 953 g/mol. The first kappa shape index (κ1) is 60.0. The monoisotopic (exact) mass is 1030 g/mol. The molecule has 0 aliphatic heterocycles. The minimum absolute atomic E-state index is 0.0105. The first-order chi connectivity index (χ1) is 31.4. The highest BCUT2D eigenvalue weighted by atomic mass is 28.5. The largest absolute Gasteiger partial charge is 0.460 e. The van der Waals surface area contributed by atoms with Crippen molar-refractivity contribution >= 4 is 75.7 Å². The average Bonchev–Trinajstić information content (AvgIpc) is 3.27. The number of allylic oxidation sites excluding steroid dienone is 8. The van der Waals surface area contributed by atoms with E-state index in [9.17, 15) is 19.2 Å². The van der Waals surface area contributed by atoms with Crippen LogP contribution in [0.15, 0.2) is 98.2 Å². The van der Waals surface area contributed by atoms with Gasteiger partial charge in [-0.2, -0.15) is 0 Å². The fourth-order valence-electron chi connectivity index (χ4n) is 7.95. The molecule has 19 heteroatoms. The van der Waals surface area contributed by atoms with E-state index in [1.54, 1.807) is 13.8 Å². The summed E-state index contributed by atoms with van der Waals surface area (Å²) in [4.78, 5) is 47.8. The second-order valence-corrected chi connectivity index (χ2v) is 40.5. The van der Waals surface area contributed by atoms with Crippen molar-refractivity contribution in [3.63, 3.8) is 0 Å². The minimum atomic E-state index is -3.11. The Kier molecular flexibility index (Phi) is 26.7. The normalized spacial score (nSPS) is 18.7. The Morgan fingerprint density at radius 2 is 1.03 bits per heavy atom. The van der Waals surface area contributed by atoms with Gasteiger partial charge in [-0.3, -0.25) is 0 Å². The summed E-state index contributed by atoms with van der Waals surface area (Å²) in [6.45, 7) is 35.1. The summed E-state index contributed by atoms with van der Waals surface area (Å²) < 4.78 is 56.7. The van der Waals surface area contributed by atoms with Gasteiger partial charge in [0, 0.05) is 34.4 Å². The lowest BCUT2D eigenvalue weighted by molar-refractivity contribution is -0.147. The second kappa shape index (κ2) is 29.8. The summed E-state index contributed by atoms with van der Waals surface area (Å²) in [6.07, 6.45) is 24.5. The molecule has 0 saturated carbocycles. The topological polar surface area (TPSA) is 151 Å². The van der Waals surface area contributed by atoms with Crippen LogP contribution in [0.25, 0.3) is 0 Å². The van der Waals surface area contributed by atoms with Crippen molar-refractivity contribution in [2.24, 2.45) is 0 Å². The van der Waals surface area contributed by atoms with Crippen molar-refractivity contribution in [3.05, 3.63) is 98.2 Å². The third-order valence-corrected chi connectivity index (χ3v) is 32.6. The van der Waals surface area contributed by atoms with Gasteiger partial charge in [0.05, 0.1) is 0 Å². The van der Waals surface area contributed by atoms with Gasteiger partial charge in [-0.1, -0.05) is 101 Å². The summed E-state index contributed by atoms with van der Waals surface area (Å²) in [5.41, 5.74) is 0.777. The molecule has 0 aromatic heterocycles. The van der Waals surface area contributed by atoms with Crippen LogP contribution in [0.4, 0.5) is 0 Å². The van der Waals surface area contributed by atoms with E-state index in [2.05, 4.69) is 127 Å². The van der Waals surface area contributed by atoms with E-state index in [4.69, 9.17) is 40.1 Å². The van der Waals surface area contributed by atoms with E-state index in [0.29, 0.717) is 5.57 Å². The highest BCUT2D eigenvalue weighted by molar-refractivity contribution is 6.91. The van der Waals surface area contributed by atoms with Crippen LogP contribution in [0.2, 0.25) is 87.6 Å². The predicted octanol–water partition coefficient (Wildman–Crippen LogP) is 10.1. The number of carbonyl (C=O) groups is 4. The summed E-state index contributed by atoms with van der Waals surface area (Å²) >= 11 is 0. The molecule has 0 aromatic carbocycles. The smallest absolute Gasteiger partial charge is 0.333 e. The summed E-state index contributed by atoms with van der Waals surface area (Å²) in [6, 6.07) is 3.62. The molecule has 376 valence electrons. The molecule has 6 atom stereocenters. The average molecular weight is 1040 g/mol. The highest BCUT2D eigenvalue weighted by Gasteiger charge is 2.57. The first-order valence-corrected chi connectivity index (χ1v) is 39.6. The molecule has 0 bridgehead atoms. The van der Waals surface area contributed by atoms with Crippen LogP contribution in [-0.4, -0.2) is 114 Å². The predicted molar refractivity (Wildman–Crippen MR) is 282 cm³/mol. The van der Waals surface area contributed by atoms with E-state index in [0.717, 1.165) is 74.9 Å². The molecule has 0 N–H and O–H groups in total. The van der Waals surface area contributed by atoms with Crippen LogP contribution in [0, 0.1) is 0 Å². The Labute approximate surface area is 409 Å². The zero-order valence-corrected chi connectivity index (χ0v) is 48.6. The third-order valence-electron chi connectivity index (χ3n) is 11.2. The summed E-state index contributed by atoms with van der Waals surface area (Å²) in [5.74, 6) is -2.14. The number of unbranched alkanes of at least 4 members (excludes halogenated alkanes) is 3. The molecule has 0 saturated heterocycles. The molecule has 0 fully saturated rings. The maximum atomic E-state index is 12.2. The van der Waals surface area contributed by atoms with Crippen molar-refractivity contribution < 1.29 is 59.3 Å². The molecule has 0 amide bonds. The second-order valence-electron chi connectivity index (χ2n) is 19.3. The van der Waals surface area contributed by atoms with Crippen molar-refractivity contribution in [2.45, 2.75) is 152 Å². The van der Waals surface area contributed by atoms with Crippen LogP contribution in [0.3, 0.4) is 0 Å². The fourth-order valence-corrected chi connectivity index (χ4v) is 34.6. The Hall–Kier alpha value is -3.10. The van der Waals surface area contributed by atoms with Gasteiger partial charge < -0.3 is 40.1 Å². The van der Waals surface area contributed by atoms with Crippen LogP contribution >= 0.6 is 0 Å². The molecule has 2 rings (SSSR count). The van der Waals surface area contributed by atoms with Crippen LogP contribution in [-0.2, 0) is 59.3 Å². The van der Waals surface area contributed by atoms with Gasteiger partial charge in [-0.05, 0) is 103 Å². The van der Waals surface area contributed by atoms with Gasteiger partial charge >= 0.3 is 41.0 Å². The van der Waals surface area contributed by atoms with Crippen LogP contribution < -0.4 is 0 Å². The Morgan fingerprint density at radius 1 is 0.597 bits per heavy atom. The molecule has 2 aliphatic rings. The Bertz CT molecular complexity index is 1760. The summed E-state index contributed by atoms with van der Waals surface area (Å²) in [5, 5.41) is 0. The minimum Gasteiger partial charge on any atom is -0.460 e. The Balaban J connectivity index is 2.14. The molecule has 0 aromatic rings. The van der Waals surface area contributed by atoms with E-state index in [1.165, 1.54) is 0 Å². The van der Waals surface area contributed by atoms with Crippen molar-refractivity contribution in [1.29, 1.82) is 0 Å². The molecule has 0 spiro atoms. The lowest BCUT2D eigenvalue weighted by Crippen LogP contribution is -2.63. The van der Waals surface area contributed by atoms with Gasteiger partial charge in [0.2, 0.25) is 0 Å². The van der Waals surface area contributed by atoms with Crippen LogP contribution in [0.1, 0.15) is 52.4 Å². The van der Waals surface area contributed by atoms with Gasteiger partial charge in [-0.25, -0.2) is 19.2 Å². The SMILES string of the molecule is C=CC(=O)OCC(COC(=O)C(=C)C)O[SiH](C)CCCCCC[Si](C)(C)O[Si](C)(C)O[Si](O[Si](C)(C)CC[SiH](C)OC(COC(=O)C=C)COC(=O)C(=C)C)(C1C=CC=CC1)C1C=CC=CC1. The fraction of sp³-hybridized carbons (Fsp3) is 0.583. The van der Waals surface area contributed by atoms with Gasteiger partial charge in [0.25, 0.3) is 0 Å². The van der Waals surface area contributed by atoms with Crippen molar-refractivity contribution in [2.75, 3.05) is 26.4 Å². The molecule has 0 radical (unpaired) electrons. The standard InChI is InChI=1S/C48H82O13Si6/c1-15-45(49)53-35-41(37-55-47(51)39(3)4)57-62(7)31-25-17-18-26-33-64(9,10)59-66(13,14)61-67(43-27-21-19-22-28-43,44-29-23-20-24-30-44)60-65(11,12)34-32-63(8)58-42(36-54-46(50)16-2)38-56-48(52)40(5)6/h15-16,19-24,27,29,41-44,62-63H,1-3,5,17-18,25-26,28,30-38H2,4,6-14H3. The zero-order chi connectivity index (χ0) is 50.3. The van der Waals surface area contributed by atoms with Gasteiger partial charge in [0.1, 0.15) is 38.6 Å². The van der Waals surface area contributed by atoms with E-state index in [-0.39, 0.29) is 43.1 Å². The highest BCUT2D eigenvalue weighted by Crippen LogP contribution is 2.47. The van der Waals surface area contributed by atoms with E-state index < -0.39 is 87.9 Å². The third kappa shape index (κ3) is 23.9. The number of hydrogen-bond donors (Lipinski definition) is 0. The molecule has 67 heavy (non-hydrogen) atoms. The number of rotatable bonds is 34. The molecule has 13 nitrogen and oxygen atoms in total. The zero-order valence-electron chi connectivity index (χ0n) is 42.3. The maximum Gasteiger partial charge on any atom is 0.333 e. The van der Waals surface area contributed by atoms with Crippen LogP contribution in [0.5, 0.6) is 0 Å². The number of esters is 4. The lowest BCUT2D eigenvalue weighted by atomic mass is 10.2. The Morgan fingerprint density at radius 3 is 1.46 bits per heavy atom. The first-order valence-electron chi connectivity index (χ1n) is 23.7. The quantitative estimate of drug-likeness (QED) is 0.0198. The van der Waals surface area contributed by atoms with Crippen molar-refractivity contribution in [1.82, 2.24) is 0 Å². The van der Waals surface area contributed by atoms with Crippen molar-refractivity contribution in [3.8, 4) is 0 Å². The maximum absolute atomic E-state index is 12.2. The van der Waals surface area contributed by atoms with E-state index in [1.807, 2.05) is 0 Å². The number of hydrogen-bond acceptors (Lipinski definition) is 13. The van der Waals surface area contributed by atoms with E-state index >= 15 is 0 Å². The van der Waals surface area contributed by atoms with Gasteiger partial charge in [0.15, 0.2) is 34.7 Å². The molecule has 6 unspecified atom stereocenters.